The summed E-state index contributed by atoms with van der Waals surface area (Å²) in [6.45, 7) is 4.17. The molecule has 4 nitrogen and oxygen atoms in total. The maximum Gasteiger partial charge on any atom is 0.242 e. The number of benzene rings is 1. The van der Waals surface area contributed by atoms with E-state index in [0.29, 0.717) is 25.8 Å². The van der Waals surface area contributed by atoms with E-state index in [4.69, 9.17) is 0 Å². The molecule has 0 aromatic heterocycles. The fourth-order valence-corrected chi connectivity index (χ4v) is 2.33. The fourth-order valence-electron chi connectivity index (χ4n) is 2.33. The Kier molecular flexibility index (Phi) is 4.10. The molecule has 104 valence electrons. The molecule has 3 N–H and O–H groups in total. The van der Waals surface area contributed by atoms with Crippen LogP contribution in [0.25, 0.3) is 0 Å². The second-order valence-corrected chi connectivity index (χ2v) is 5.21. The molecule has 19 heavy (non-hydrogen) atoms. The first-order valence-electron chi connectivity index (χ1n) is 6.92. The van der Waals surface area contributed by atoms with Crippen LogP contribution < -0.4 is 10.6 Å². The van der Waals surface area contributed by atoms with E-state index in [1.807, 2.05) is 38.1 Å². The van der Waals surface area contributed by atoms with Gasteiger partial charge in [0, 0.05) is 18.7 Å². The molecule has 1 amide bonds. The third-order valence-corrected chi connectivity index (χ3v) is 4.00. The van der Waals surface area contributed by atoms with Crippen LogP contribution in [0.5, 0.6) is 0 Å². The van der Waals surface area contributed by atoms with E-state index in [9.17, 15) is 9.90 Å². The number of carbonyl (C=O) groups is 1. The van der Waals surface area contributed by atoms with Crippen LogP contribution in [0.2, 0.25) is 0 Å². The highest BCUT2D eigenvalue weighted by Crippen LogP contribution is 2.25. The van der Waals surface area contributed by atoms with Crippen molar-refractivity contribution < 1.29 is 9.90 Å². The van der Waals surface area contributed by atoms with Gasteiger partial charge in [0.05, 0.1) is 5.60 Å². The van der Waals surface area contributed by atoms with E-state index in [0.717, 1.165) is 5.69 Å². The number of carbonyl (C=O) groups excluding carboxylic acids is 1. The largest absolute Gasteiger partial charge is 0.388 e. The first kappa shape index (κ1) is 13.9. The van der Waals surface area contributed by atoms with Gasteiger partial charge < -0.3 is 15.7 Å². The lowest BCUT2D eigenvalue weighted by Crippen LogP contribution is -2.46. The second kappa shape index (κ2) is 5.61. The number of hydrogen-bond acceptors (Lipinski definition) is 3. The van der Waals surface area contributed by atoms with Crippen molar-refractivity contribution in [3.63, 3.8) is 0 Å². The highest BCUT2D eigenvalue weighted by molar-refractivity contribution is 5.87. The highest BCUT2D eigenvalue weighted by atomic mass is 16.3. The first-order chi connectivity index (χ1) is 9.08. The molecule has 1 heterocycles. The summed E-state index contributed by atoms with van der Waals surface area (Å²) in [4.78, 5) is 12.1. The molecular weight excluding hydrogens is 240 g/mol. The van der Waals surface area contributed by atoms with Gasteiger partial charge in [0.15, 0.2) is 0 Å². The third kappa shape index (κ3) is 3.07. The lowest BCUT2D eigenvalue weighted by Gasteiger charge is -2.26. The summed E-state index contributed by atoms with van der Waals surface area (Å²) in [6.07, 6.45) is 1.99. The Bertz CT molecular complexity index is 430. The molecule has 0 saturated carbocycles. The quantitative estimate of drug-likeness (QED) is 0.757. The van der Waals surface area contributed by atoms with Crippen LogP contribution in [-0.2, 0) is 11.2 Å². The molecule has 0 unspecified atom stereocenters. The zero-order valence-electron chi connectivity index (χ0n) is 11.6. The van der Waals surface area contributed by atoms with Crippen molar-refractivity contribution in [1.29, 1.82) is 0 Å². The molecule has 0 spiro atoms. The van der Waals surface area contributed by atoms with Gasteiger partial charge in [0.25, 0.3) is 0 Å². The zero-order valence-corrected chi connectivity index (χ0v) is 11.6. The van der Waals surface area contributed by atoms with Crippen molar-refractivity contribution in [2.45, 2.75) is 44.8 Å². The number of hydrogen-bond donors (Lipinski definition) is 3. The molecule has 0 aliphatic carbocycles. The minimum absolute atomic E-state index is 0.0449. The number of fused-ring (bicyclic) bond motifs is 1. The smallest absolute Gasteiger partial charge is 0.242 e. The molecule has 1 aliphatic rings. The SMILES string of the molecule is CCC(O)(CC)CNC(=O)[C@@H]1Cc2ccccc2N1. The van der Waals surface area contributed by atoms with E-state index in [1.165, 1.54) is 5.56 Å². The Morgan fingerprint density at radius 2 is 2.11 bits per heavy atom. The molecule has 0 fully saturated rings. The normalized spacial score (nSPS) is 17.7. The van der Waals surface area contributed by atoms with Crippen LogP contribution in [-0.4, -0.2) is 29.2 Å². The van der Waals surface area contributed by atoms with E-state index in [2.05, 4.69) is 10.6 Å². The molecule has 1 aromatic rings. The van der Waals surface area contributed by atoms with Crippen LogP contribution in [0.4, 0.5) is 5.69 Å². The summed E-state index contributed by atoms with van der Waals surface area (Å²) in [5.41, 5.74) is 1.41. The molecule has 0 saturated heterocycles. The van der Waals surface area contributed by atoms with Gasteiger partial charge in [0.1, 0.15) is 6.04 Å². The minimum atomic E-state index is -0.791. The Morgan fingerprint density at radius 1 is 1.42 bits per heavy atom. The van der Waals surface area contributed by atoms with Crippen LogP contribution in [0.15, 0.2) is 24.3 Å². The van der Waals surface area contributed by atoms with E-state index in [-0.39, 0.29) is 11.9 Å². The minimum Gasteiger partial charge on any atom is -0.388 e. The van der Waals surface area contributed by atoms with Crippen LogP contribution in [0.3, 0.4) is 0 Å². The second-order valence-electron chi connectivity index (χ2n) is 5.21. The van der Waals surface area contributed by atoms with Gasteiger partial charge in [-0.2, -0.15) is 0 Å². The van der Waals surface area contributed by atoms with Crippen molar-refractivity contribution in [3.8, 4) is 0 Å². The Morgan fingerprint density at radius 3 is 2.74 bits per heavy atom. The number of nitrogens with one attached hydrogen (secondary N) is 2. The molecule has 1 aliphatic heterocycles. The molecule has 2 rings (SSSR count). The van der Waals surface area contributed by atoms with Crippen molar-refractivity contribution in [1.82, 2.24) is 5.32 Å². The maximum atomic E-state index is 12.1. The fraction of sp³-hybridized carbons (Fsp3) is 0.533. The van der Waals surface area contributed by atoms with Crippen molar-refractivity contribution >= 4 is 11.6 Å². The van der Waals surface area contributed by atoms with Gasteiger partial charge >= 0.3 is 0 Å². The van der Waals surface area contributed by atoms with Crippen LogP contribution in [0.1, 0.15) is 32.3 Å². The number of aliphatic hydroxyl groups is 1. The summed E-state index contributed by atoms with van der Waals surface area (Å²) in [6, 6.07) is 7.73. The Hall–Kier alpha value is -1.55. The van der Waals surface area contributed by atoms with Crippen molar-refractivity contribution in [3.05, 3.63) is 29.8 Å². The average molecular weight is 262 g/mol. The number of para-hydroxylation sites is 1. The Balaban J connectivity index is 1.90. The van der Waals surface area contributed by atoms with Crippen LogP contribution in [0, 0.1) is 0 Å². The zero-order chi connectivity index (χ0) is 13.9. The summed E-state index contributed by atoms with van der Waals surface area (Å²) < 4.78 is 0. The standard InChI is InChI=1S/C15H22N2O2/c1-3-15(19,4-2)10-16-14(18)13-9-11-7-5-6-8-12(11)17-13/h5-8,13,17,19H,3-4,9-10H2,1-2H3,(H,16,18)/t13-/m0/s1. The lowest BCUT2D eigenvalue weighted by atomic mass is 9.97. The molecule has 0 radical (unpaired) electrons. The monoisotopic (exact) mass is 262 g/mol. The molecule has 1 atom stereocenters. The van der Waals surface area contributed by atoms with Gasteiger partial charge in [-0.15, -0.1) is 0 Å². The van der Waals surface area contributed by atoms with Crippen molar-refractivity contribution in [2.75, 3.05) is 11.9 Å². The first-order valence-corrected chi connectivity index (χ1v) is 6.92. The van der Waals surface area contributed by atoms with Gasteiger partial charge in [0.2, 0.25) is 5.91 Å². The summed E-state index contributed by atoms with van der Waals surface area (Å²) in [7, 11) is 0. The van der Waals surface area contributed by atoms with E-state index < -0.39 is 5.60 Å². The molecule has 0 bridgehead atoms. The summed E-state index contributed by atoms with van der Waals surface area (Å²) >= 11 is 0. The predicted octanol–water partition coefficient (Wildman–Crippen LogP) is 1.69. The van der Waals surface area contributed by atoms with Gasteiger partial charge in [-0.3, -0.25) is 4.79 Å². The van der Waals surface area contributed by atoms with Gasteiger partial charge in [-0.1, -0.05) is 32.0 Å². The van der Waals surface area contributed by atoms with Crippen LogP contribution >= 0.6 is 0 Å². The van der Waals surface area contributed by atoms with E-state index >= 15 is 0 Å². The highest BCUT2D eigenvalue weighted by Gasteiger charge is 2.28. The topological polar surface area (TPSA) is 61.4 Å². The van der Waals surface area contributed by atoms with Crippen molar-refractivity contribution in [2.24, 2.45) is 0 Å². The number of rotatable bonds is 5. The predicted molar refractivity (Wildman–Crippen MR) is 76.1 cm³/mol. The number of amides is 1. The molecule has 1 aromatic carbocycles. The third-order valence-electron chi connectivity index (χ3n) is 4.00. The average Bonchev–Trinajstić information content (AvgIpc) is 2.88. The maximum absolute atomic E-state index is 12.1. The molecule has 4 heteroatoms. The number of anilines is 1. The summed E-state index contributed by atoms with van der Waals surface area (Å²) in [5, 5.41) is 16.2. The Labute approximate surface area is 114 Å². The van der Waals surface area contributed by atoms with E-state index in [1.54, 1.807) is 0 Å². The van der Waals surface area contributed by atoms with Gasteiger partial charge in [-0.05, 0) is 24.5 Å². The van der Waals surface area contributed by atoms with Gasteiger partial charge in [-0.25, -0.2) is 0 Å². The molecular formula is C15H22N2O2. The lowest BCUT2D eigenvalue weighted by molar-refractivity contribution is -0.123. The summed E-state index contributed by atoms with van der Waals surface area (Å²) in [5.74, 6) is -0.0449.